The van der Waals surface area contributed by atoms with Gasteiger partial charge in [-0.05, 0) is 55.0 Å². The number of aromatic amines is 1. The number of fused-ring (bicyclic) bond motifs is 5. The molecule has 4 aromatic rings. The largest absolute Gasteiger partial charge is 0.375 e. The third-order valence-electron chi connectivity index (χ3n) is 4.76. The average Bonchev–Trinajstić information content (AvgIpc) is 3.22. The number of nitrogens with one attached hydrogen (secondary N) is 1. The number of benzene rings is 1. The molecule has 3 aromatic heterocycles. The van der Waals surface area contributed by atoms with Gasteiger partial charge in [-0.2, -0.15) is 0 Å². The first-order valence-electron chi connectivity index (χ1n) is 7.94. The van der Waals surface area contributed by atoms with E-state index in [1.807, 2.05) is 12.4 Å². The van der Waals surface area contributed by atoms with Crippen LogP contribution in [0.2, 0.25) is 0 Å². The molecule has 0 saturated heterocycles. The number of aromatic nitrogens is 3. The second kappa shape index (κ2) is 4.80. The summed E-state index contributed by atoms with van der Waals surface area (Å²) in [6, 6.07) is 6.40. The van der Waals surface area contributed by atoms with Crippen molar-refractivity contribution < 1.29 is 0 Å². The van der Waals surface area contributed by atoms with Crippen molar-refractivity contribution in [1.29, 1.82) is 0 Å². The minimum Gasteiger partial charge on any atom is -0.375 e. The molecule has 1 aliphatic rings. The molecule has 3 N–H and O–H groups in total. The van der Waals surface area contributed by atoms with Crippen LogP contribution in [-0.2, 0) is 12.8 Å². The summed E-state index contributed by atoms with van der Waals surface area (Å²) in [6.45, 7) is 0. The van der Waals surface area contributed by atoms with Crippen LogP contribution in [0.3, 0.4) is 0 Å². The maximum Gasteiger partial charge on any atom is 0.180 e. The van der Waals surface area contributed by atoms with Crippen molar-refractivity contribution in [1.82, 2.24) is 15.0 Å². The lowest BCUT2D eigenvalue weighted by molar-refractivity contribution is 0.689. The summed E-state index contributed by atoms with van der Waals surface area (Å²) >= 11 is 1.53. The third kappa shape index (κ3) is 1.90. The minimum absolute atomic E-state index is 0.604. The first-order chi connectivity index (χ1) is 11.3. The zero-order chi connectivity index (χ0) is 15.4. The van der Waals surface area contributed by atoms with Gasteiger partial charge >= 0.3 is 0 Å². The molecular weight excluding hydrogens is 304 g/mol. The molecule has 0 unspecified atom stereocenters. The normalized spacial score (nSPS) is 14.4. The van der Waals surface area contributed by atoms with Gasteiger partial charge in [-0.3, -0.25) is 0 Å². The number of pyridine rings is 1. The van der Waals surface area contributed by atoms with Gasteiger partial charge in [0.25, 0.3) is 0 Å². The van der Waals surface area contributed by atoms with Crippen LogP contribution < -0.4 is 5.73 Å². The number of H-pyrrole nitrogens is 1. The standard InChI is InChI=1S/C18H16N4S/c19-18-21-9-15(23-18)17-11-4-2-1-3-10(11)16-12-7-8-20-13(12)5-6-14(16)22-17/h5-9,20H,1-4H2,(H2,19,21). The van der Waals surface area contributed by atoms with E-state index < -0.39 is 0 Å². The molecule has 1 aliphatic carbocycles. The Hall–Kier alpha value is -2.40. The quantitative estimate of drug-likeness (QED) is 0.549. The van der Waals surface area contributed by atoms with E-state index >= 15 is 0 Å². The number of nitrogen functional groups attached to an aromatic ring is 1. The predicted octanol–water partition coefficient (Wildman–Crippen LogP) is 4.30. The zero-order valence-electron chi connectivity index (χ0n) is 12.6. The highest BCUT2D eigenvalue weighted by atomic mass is 32.1. The van der Waals surface area contributed by atoms with Crippen molar-refractivity contribution in [3.63, 3.8) is 0 Å². The van der Waals surface area contributed by atoms with Crippen LogP contribution >= 0.6 is 11.3 Å². The first kappa shape index (κ1) is 13.1. The number of rotatable bonds is 1. The predicted molar refractivity (Wildman–Crippen MR) is 95.8 cm³/mol. The lowest BCUT2D eigenvalue weighted by Crippen LogP contribution is -2.07. The monoisotopic (exact) mass is 320 g/mol. The van der Waals surface area contributed by atoms with E-state index in [0.717, 1.165) is 28.9 Å². The smallest absolute Gasteiger partial charge is 0.180 e. The molecule has 5 heteroatoms. The average molecular weight is 320 g/mol. The summed E-state index contributed by atoms with van der Waals surface area (Å²) in [5.74, 6) is 0. The Kier molecular flexibility index (Phi) is 2.73. The molecule has 0 aliphatic heterocycles. The molecule has 0 spiro atoms. The lowest BCUT2D eigenvalue weighted by atomic mass is 9.86. The summed E-state index contributed by atoms with van der Waals surface area (Å²) in [7, 11) is 0. The molecule has 5 rings (SSSR count). The van der Waals surface area contributed by atoms with Gasteiger partial charge in [0, 0.05) is 28.7 Å². The molecule has 0 amide bonds. The van der Waals surface area contributed by atoms with Crippen LogP contribution in [0.15, 0.2) is 30.6 Å². The molecule has 4 nitrogen and oxygen atoms in total. The van der Waals surface area contributed by atoms with Crippen molar-refractivity contribution in [3.05, 3.63) is 41.7 Å². The van der Waals surface area contributed by atoms with E-state index in [1.165, 1.54) is 51.6 Å². The van der Waals surface area contributed by atoms with Crippen LogP contribution in [0.1, 0.15) is 24.0 Å². The van der Waals surface area contributed by atoms with E-state index in [9.17, 15) is 0 Å². The van der Waals surface area contributed by atoms with Gasteiger partial charge < -0.3 is 10.7 Å². The second-order valence-corrected chi connectivity index (χ2v) is 7.15. The topological polar surface area (TPSA) is 67.6 Å². The molecule has 0 saturated carbocycles. The van der Waals surface area contributed by atoms with Gasteiger partial charge in [0.05, 0.1) is 16.1 Å². The van der Waals surface area contributed by atoms with Gasteiger partial charge in [-0.25, -0.2) is 9.97 Å². The summed E-state index contributed by atoms with van der Waals surface area (Å²) in [6.07, 6.45) is 8.56. The second-order valence-electron chi connectivity index (χ2n) is 6.09. The van der Waals surface area contributed by atoms with Crippen molar-refractivity contribution in [2.24, 2.45) is 0 Å². The van der Waals surface area contributed by atoms with Crippen LogP contribution in [0.25, 0.3) is 32.4 Å². The van der Waals surface area contributed by atoms with E-state index in [4.69, 9.17) is 10.7 Å². The Morgan fingerprint density at radius 1 is 1.09 bits per heavy atom. The van der Waals surface area contributed by atoms with E-state index in [2.05, 4.69) is 28.2 Å². The summed E-state index contributed by atoms with van der Waals surface area (Å²) in [5, 5.41) is 3.20. The minimum atomic E-state index is 0.604. The van der Waals surface area contributed by atoms with E-state index in [0.29, 0.717) is 5.13 Å². The SMILES string of the molecule is Nc1ncc(-c2nc3ccc4[nH]ccc4c3c3c2CCCC3)s1. The number of aryl methyl sites for hydroxylation is 1. The lowest BCUT2D eigenvalue weighted by Gasteiger charge is -2.21. The van der Waals surface area contributed by atoms with Crippen molar-refractivity contribution in [2.45, 2.75) is 25.7 Å². The number of anilines is 1. The highest BCUT2D eigenvalue weighted by molar-refractivity contribution is 7.18. The van der Waals surface area contributed by atoms with Gasteiger partial charge in [0.15, 0.2) is 5.13 Å². The fourth-order valence-corrected chi connectivity index (χ4v) is 4.47. The van der Waals surface area contributed by atoms with Crippen LogP contribution in [0.4, 0.5) is 5.13 Å². The highest BCUT2D eigenvalue weighted by Gasteiger charge is 2.21. The van der Waals surface area contributed by atoms with Crippen molar-refractivity contribution in [2.75, 3.05) is 5.73 Å². The van der Waals surface area contributed by atoms with Crippen LogP contribution in [0.5, 0.6) is 0 Å². The third-order valence-corrected chi connectivity index (χ3v) is 5.59. The molecule has 0 bridgehead atoms. The molecule has 0 radical (unpaired) electrons. The maximum atomic E-state index is 5.84. The summed E-state index contributed by atoms with van der Waals surface area (Å²) in [5.41, 5.74) is 12.0. The van der Waals surface area contributed by atoms with Crippen LogP contribution in [-0.4, -0.2) is 15.0 Å². The van der Waals surface area contributed by atoms with Gasteiger partial charge in [-0.1, -0.05) is 11.3 Å². The van der Waals surface area contributed by atoms with Crippen molar-refractivity contribution >= 4 is 38.3 Å². The molecule has 0 atom stereocenters. The van der Waals surface area contributed by atoms with Gasteiger partial charge in [0.2, 0.25) is 0 Å². The number of thiazole rings is 1. The molecule has 114 valence electrons. The Labute approximate surface area is 137 Å². The Bertz CT molecular complexity index is 1040. The van der Waals surface area contributed by atoms with Gasteiger partial charge in [-0.15, -0.1) is 0 Å². The van der Waals surface area contributed by atoms with E-state index in [-0.39, 0.29) is 0 Å². The first-order valence-corrected chi connectivity index (χ1v) is 8.76. The Morgan fingerprint density at radius 2 is 1.96 bits per heavy atom. The number of hydrogen-bond acceptors (Lipinski definition) is 4. The van der Waals surface area contributed by atoms with Crippen LogP contribution in [0, 0.1) is 0 Å². The number of nitrogens with two attached hydrogens (primary N) is 1. The molecular formula is C18H16N4S. The fraction of sp³-hybridized carbons (Fsp3) is 0.222. The summed E-state index contributed by atoms with van der Waals surface area (Å²) < 4.78 is 0. The number of hydrogen-bond donors (Lipinski definition) is 2. The van der Waals surface area contributed by atoms with Crippen molar-refractivity contribution in [3.8, 4) is 10.6 Å². The molecule has 3 heterocycles. The highest BCUT2D eigenvalue weighted by Crippen LogP contribution is 2.39. The maximum absolute atomic E-state index is 5.84. The Balaban J connectivity index is 1.92. The Morgan fingerprint density at radius 3 is 2.78 bits per heavy atom. The molecule has 23 heavy (non-hydrogen) atoms. The fourth-order valence-electron chi connectivity index (χ4n) is 3.76. The number of nitrogens with zero attached hydrogens (tertiary/aromatic N) is 2. The van der Waals surface area contributed by atoms with E-state index in [1.54, 1.807) is 0 Å². The summed E-state index contributed by atoms with van der Waals surface area (Å²) in [4.78, 5) is 13.6. The molecule has 0 fully saturated rings. The molecule has 1 aromatic carbocycles. The van der Waals surface area contributed by atoms with Gasteiger partial charge in [0.1, 0.15) is 0 Å². The zero-order valence-corrected chi connectivity index (χ0v) is 13.4.